The summed E-state index contributed by atoms with van der Waals surface area (Å²) in [6, 6.07) is 6.66. The number of hydrogen-bond donors (Lipinski definition) is 3. The van der Waals surface area contributed by atoms with Crippen LogP contribution in [-0.2, 0) is 17.6 Å². The number of thiazole rings is 1. The van der Waals surface area contributed by atoms with Gasteiger partial charge in [0, 0.05) is 28.9 Å². The number of H-pyrrole nitrogens is 1. The minimum atomic E-state index is -1.07. The smallest absolute Gasteiger partial charge is 0.326 e. The standard InChI is InChI=1S/C18H19N3O3S/c1-2-5-16-20-15(10-25-16)17(22)21-14(18(23)24)8-11-9-19-13-7-4-3-6-12(11)13/h3-4,6-7,9-10,14,19H,2,5,8H2,1H3,(H,21,22)(H,23,24)/t14-/m0/s1. The Labute approximate surface area is 148 Å². The summed E-state index contributed by atoms with van der Waals surface area (Å²) in [5, 5.41) is 15.6. The van der Waals surface area contributed by atoms with Crippen molar-refractivity contribution in [2.24, 2.45) is 0 Å². The number of carboxylic acid groups (broad SMARTS) is 1. The van der Waals surface area contributed by atoms with Crippen molar-refractivity contribution < 1.29 is 14.7 Å². The second-order valence-corrected chi connectivity index (χ2v) is 6.75. The molecule has 2 aromatic heterocycles. The fourth-order valence-corrected chi connectivity index (χ4v) is 3.58. The highest BCUT2D eigenvalue weighted by molar-refractivity contribution is 7.09. The van der Waals surface area contributed by atoms with Crippen LogP contribution in [0.25, 0.3) is 10.9 Å². The maximum Gasteiger partial charge on any atom is 0.326 e. The number of nitrogens with one attached hydrogen (secondary N) is 2. The van der Waals surface area contributed by atoms with E-state index in [9.17, 15) is 14.7 Å². The number of carboxylic acids is 1. The average Bonchev–Trinajstić information content (AvgIpc) is 3.22. The topological polar surface area (TPSA) is 95.1 Å². The quantitative estimate of drug-likeness (QED) is 0.606. The molecule has 0 aliphatic carbocycles. The van der Waals surface area contributed by atoms with E-state index in [1.807, 2.05) is 31.2 Å². The van der Waals surface area contributed by atoms with Gasteiger partial charge in [0.2, 0.25) is 0 Å². The summed E-state index contributed by atoms with van der Waals surface area (Å²) >= 11 is 1.42. The molecule has 0 aliphatic rings. The first-order valence-electron chi connectivity index (χ1n) is 8.11. The van der Waals surface area contributed by atoms with Gasteiger partial charge in [-0.05, 0) is 24.5 Å². The van der Waals surface area contributed by atoms with E-state index in [0.29, 0.717) is 0 Å². The first-order chi connectivity index (χ1) is 12.1. The van der Waals surface area contributed by atoms with Crippen LogP contribution in [0.2, 0.25) is 0 Å². The number of hydrogen-bond acceptors (Lipinski definition) is 4. The molecule has 1 amide bonds. The first kappa shape index (κ1) is 17.2. The Morgan fingerprint density at radius 3 is 2.92 bits per heavy atom. The molecule has 130 valence electrons. The van der Waals surface area contributed by atoms with Crippen LogP contribution < -0.4 is 5.32 Å². The molecule has 0 bridgehead atoms. The highest BCUT2D eigenvalue weighted by Crippen LogP contribution is 2.19. The molecular formula is C18H19N3O3S. The normalized spacial score (nSPS) is 12.2. The fourth-order valence-electron chi connectivity index (χ4n) is 2.70. The van der Waals surface area contributed by atoms with Crippen molar-refractivity contribution in [2.45, 2.75) is 32.2 Å². The zero-order valence-corrected chi connectivity index (χ0v) is 14.6. The summed E-state index contributed by atoms with van der Waals surface area (Å²) in [4.78, 5) is 31.3. The molecule has 25 heavy (non-hydrogen) atoms. The van der Waals surface area contributed by atoms with Crippen molar-refractivity contribution in [1.29, 1.82) is 0 Å². The Morgan fingerprint density at radius 2 is 2.16 bits per heavy atom. The monoisotopic (exact) mass is 357 g/mol. The molecule has 3 N–H and O–H groups in total. The van der Waals surface area contributed by atoms with Crippen LogP contribution in [0.1, 0.15) is 34.4 Å². The molecule has 0 aliphatic heterocycles. The van der Waals surface area contributed by atoms with Gasteiger partial charge in [-0.15, -0.1) is 11.3 Å². The molecule has 0 saturated heterocycles. The third-order valence-corrected chi connectivity index (χ3v) is 4.86. The molecule has 3 aromatic rings. The SMILES string of the molecule is CCCc1nc(C(=O)N[C@@H](Cc2c[nH]c3ccccc23)C(=O)O)cs1. The van der Waals surface area contributed by atoms with Gasteiger partial charge in [-0.25, -0.2) is 9.78 Å². The van der Waals surface area contributed by atoms with E-state index >= 15 is 0 Å². The van der Waals surface area contributed by atoms with Gasteiger partial charge >= 0.3 is 5.97 Å². The minimum absolute atomic E-state index is 0.205. The van der Waals surface area contributed by atoms with Crippen molar-refractivity contribution in [3.8, 4) is 0 Å². The molecular weight excluding hydrogens is 338 g/mol. The van der Waals surface area contributed by atoms with Gasteiger partial charge in [0.1, 0.15) is 11.7 Å². The van der Waals surface area contributed by atoms with E-state index in [-0.39, 0.29) is 12.1 Å². The third kappa shape index (κ3) is 3.88. The van der Waals surface area contributed by atoms with E-state index in [4.69, 9.17) is 0 Å². The maximum atomic E-state index is 12.3. The second-order valence-electron chi connectivity index (χ2n) is 5.80. The van der Waals surface area contributed by atoms with Gasteiger partial charge < -0.3 is 15.4 Å². The van der Waals surface area contributed by atoms with Crippen LogP contribution >= 0.6 is 11.3 Å². The molecule has 0 fully saturated rings. The summed E-state index contributed by atoms with van der Waals surface area (Å²) in [7, 11) is 0. The summed E-state index contributed by atoms with van der Waals surface area (Å²) in [6.07, 6.45) is 3.76. The largest absolute Gasteiger partial charge is 0.480 e. The number of aryl methyl sites for hydroxylation is 1. The van der Waals surface area contributed by atoms with Crippen LogP contribution in [0.5, 0.6) is 0 Å². The summed E-state index contributed by atoms with van der Waals surface area (Å²) in [5.41, 5.74) is 2.07. The van der Waals surface area contributed by atoms with Crippen LogP contribution in [0.4, 0.5) is 0 Å². The number of amides is 1. The molecule has 3 rings (SSSR count). The molecule has 7 heteroatoms. The highest BCUT2D eigenvalue weighted by Gasteiger charge is 2.23. The van der Waals surface area contributed by atoms with Gasteiger partial charge in [0.25, 0.3) is 5.91 Å². The summed E-state index contributed by atoms with van der Waals surface area (Å²) in [6.45, 7) is 2.04. The lowest BCUT2D eigenvalue weighted by Gasteiger charge is -2.13. The van der Waals surface area contributed by atoms with Gasteiger partial charge in [-0.1, -0.05) is 25.1 Å². The van der Waals surface area contributed by atoms with Crippen molar-refractivity contribution in [1.82, 2.24) is 15.3 Å². The molecule has 0 unspecified atom stereocenters. The van der Waals surface area contributed by atoms with Crippen molar-refractivity contribution >= 4 is 34.1 Å². The van der Waals surface area contributed by atoms with E-state index in [1.54, 1.807) is 11.6 Å². The summed E-state index contributed by atoms with van der Waals surface area (Å²) < 4.78 is 0. The van der Waals surface area contributed by atoms with Crippen LogP contribution in [0.3, 0.4) is 0 Å². The zero-order valence-electron chi connectivity index (χ0n) is 13.8. The molecule has 1 atom stereocenters. The van der Waals surface area contributed by atoms with Crippen molar-refractivity contribution in [3.05, 3.63) is 52.1 Å². The fraction of sp³-hybridized carbons (Fsp3) is 0.278. The summed E-state index contributed by atoms with van der Waals surface area (Å²) in [5.74, 6) is -1.52. The van der Waals surface area contributed by atoms with Crippen molar-refractivity contribution in [3.63, 3.8) is 0 Å². The Kier molecular flexibility index (Phi) is 5.14. The van der Waals surface area contributed by atoms with E-state index in [2.05, 4.69) is 15.3 Å². The van der Waals surface area contributed by atoms with Gasteiger partial charge in [-0.2, -0.15) is 0 Å². The highest BCUT2D eigenvalue weighted by atomic mass is 32.1. The lowest BCUT2D eigenvalue weighted by atomic mass is 10.0. The Hall–Kier alpha value is -2.67. The Balaban J connectivity index is 1.74. The number of nitrogens with zero attached hydrogens (tertiary/aromatic N) is 1. The second kappa shape index (κ2) is 7.48. The predicted octanol–water partition coefficient (Wildman–Crippen LogP) is 3.00. The maximum absolute atomic E-state index is 12.3. The average molecular weight is 357 g/mol. The van der Waals surface area contributed by atoms with Crippen molar-refractivity contribution in [2.75, 3.05) is 0 Å². The number of aromatic amines is 1. The molecule has 2 heterocycles. The molecule has 0 saturated carbocycles. The molecule has 0 spiro atoms. The van der Waals surface area contributed by atoms with Gasteiger partial charge in [0.05, 0.1) is 5.01 Å². The van der Waals surface area contributed by atoms with Crippen LogP contribution in [-0.4, -0.2) is 33.0 Å². The van der Waals surface area contributed by atoms with E-state index in [0.717, 1.165) is 34.3 Å². The third-order valence-electron chi connectivity index (χ3n) is 3.95. The number of fused-ring (bicyclic) bond motifs is 1. The van der Waals surface area contributed by atoms with E-state index < -0.39 is 17.9 Å². The number of benzene rings is 1. The zero-order chi connectivity index (χ0) is 17.8. The molecule has 6 nitrogen and oxygen atoms in total. The lowest BCUT2D eigenvalue weighted by molar-refractivity contribution is -0.139. The molecule has 0 radical (unpaired) electrons. The van der Waals surface area contributed by atoms with Crippen LogP contribution in [0, 0.1) is 0 Å². The number of aliphatic carboxylic acids is 1. The van der Waals surface area contributed by atoms with Gasteiger partial charge in [-0.3, -0.25) is 4.79 Å². The number of para-hydroxylation sites is 1. The van der Waals surface area contributed by atoms with Crippen LogP contribution in [0.15, 0.2) is 35.8 Å². The lowest BCUT2D eigenvalue weighted by Crippen LogP contribution is -2.42. The van der Waals surface area contributed by atoms with E-state index in [1.165, 1.54) is 11.3 Å². The number of aromatic nitrogens is 2. The Morgan fingerprint density at radius 1 is 1.36 bits per heavy atom. The first-order valence-corrected chi connectivity index (χ1v) is 8.99. The minimum Gasteiger partial charge on any atom is -0.480 e. The Bertz CT molecular complexity index is 900. The van der Waals surface area contributed by atoms with Gasteiger partial charge in [0.15, 0.2) is 0 Å². The number of carbonyl (C=O) groups excluding carboxylic acids is 1. The molecule has 1 aromatic carbocycles. The number of rotatable bonds is 7. The predicted molar refractivity (Wildman–Crippen MR) is 97.0 cm³/mol. The number of carbonyl (C=O) groups is 2.